The van der Waals surface area contributed by atoms with Crippen LogP contribution in [-0.2, 0) is 19.1 Å². The second kappa shape index (κ2) is 36.1. The van der Waals surface area contributed by atoms with Gasteiger partial charge in [-0.05, 0) is 44.9 Å². The smallest absolute Gasteiger partial charge is 0.306 e. The summed E-state index contributed by atoms with van der Waals surface area (Å²) >= 11 is 0. The molecule has 0 spiro atoms. The third kappa shape index (κ3) is 34.5. The molecule has 0 bridgehead atoms. The Morgan fingerprint density at radius 1 is 0.617 bits per heavy atom. The number of unbranched alkanes of at least 4 members (excludes halogenated alkanes) is 12. The SMILES string of the molecule is CC/C=C\CC(O)/C=C/C=C/C/C=C\C/C=C\C/C=C\CCC(=O)O[C@@H](CO)COC(=O)CCCCCCCCCCCCCCC. The molecule has 6 heteroatoms. The quantitative estimate of drug-likeness (QED) is 0.0324. The molecule has 2 atom stereocenters. The minimum Gasteiger partial charge on any atom is -0.462 e. The molecule has 0 aliphatic carbocycles. The van der Waals surface area contributed by atoms with Crippen LogP contribution in [0.1, 0.15) is 149 Å². The van der Waals surface area contributed by atoms with Gasteiger partial charge in [-0.2, -0.15) is 0 Å². The van der Waals surface area contributed by atoms with Gasteiger partial charge in [0.1, 0.15) is 6.61 Å². The zero-order chi connectivity index (χ0) is 34.5. The predicted octanol–water partition coefficient (Wildman–Crippen LogP) is 10.4. The van der Waals surface area contributed by atoms with Crippen LogP contribution in [0.2, 0.25) is 0 Å². The lowest BCUT2D eigenvalue weighted by molar-refractivity contribution is -0.161. The summed E-state index contributed by atoms with van der Waals surface area (Å²) in [4.78, 5) is 24.2. The van der Waals surface area contributed by atoms with Crippen LogP contribution in [0.5, 0.6) is 0 Å². The Hall–Kier alpha value is -2.70. The molecule has 0 fully saturated rings. The van der Waals surface area contributed by atoms with Gasteiger partial charge in [-0.1, -0.05) is 164 Å². The van der Waals surface area contributed by atoms with Crippen LogP contribution in [0, 0.1) is 0 Å². The van der Waals surface area contributed by atoms with Crippen molar-refractivity contribution < 1.29 is 29.3 Å². The van der Waals surface area contributed by atoms with Crippen molar-refractivity contribution in [2.24, 2.45) is 0 Å². The molecule has 0 aliphatic rings. The average molecular weight is 657 g/mol. The third-order valence-electron chi connectivity index (χ3n) is 7.61. The van der Waals surface area contributed by atoms with Gasteiger partial charge in [0.25, 0.3) is 0 Å². The van der Waals surface area contributed by atoms with Crippen molar-refractivity contribution in [1.29, 1.82) is 0 Å². The van der Waals surface area contributed by atoms with E-state index in [9.17, 15) is 19.8 Å². The summed E-state index contributed by atoms with van der Waals surface area (Å²) in [6.45, 7) is 3.85. The Kier molecular flexibility index (Phi) is 34.1. The molecule has 0 radical (unpaired) electrons. The maximum Gasteiger partial charge on any atom is 0.306 e. The van der Waals surface area contributed by atoms with Gasteiger partial charge in [0, 0.05) is 12.8 Å². The van der Waals surface area contributed by atoms with Gasteiger partial charge in [0.2, 0.25) is 0 Å². The molecule has 0 aliphatic heterocycles. The third-order valence-corrected chi connectivity index (χ3v) is 7.61. The number of carbonyl (C=O) groups excluding carboxylic acids is 2. The molecule has 0 rings (SSSR count). The van der Waals surface area contributed by atoms with E-state index in [1.165, 1.54) is 64.2 Å². The summed E-state index contributed by atoms with van der Waals surface area (Å²) in [6.07, 6.45) is 44.4. The van der Waals surface area contributed by atoms with E-state index in [-0.39, 0.29) is 25.6 Å². The Morgan fingerprint density at radius 3 is 1.74 bits per heavy atom. The standard InChI is InChI=1S/C41H68O6/c1-3-5-7-8-9-10-11-13-17-20-23-26-30-34-40(44)46-37-39(36-42)47-41(45)35-31-27-24-21-18-15-12-14-16-19-22-25-29-33-38(43)32-28-6-4-2/h6,14-16,18,22,24-25,27-29,33,38-39,42-43H,3-5,7-13,17,19-21,23,26,30-32,34-37H2,1-2H3/b16-14-,18-15-,25-22+,27-24-,28-6-,33-29+/t38?,39-/m0/s1. The summed E-state index contributed by atoms with van der Waals surface area (Å²) in [6, 6.07) is 0. The molecular formula is C41H68O6. The lowest BCUT2D eigenvalue weighted by Gasteiger charge is -2.15. The number of aliphatic hydroxyl groups excluding tert-OH is 2. The molecule has 0 aromatic carbocycles. The Bertz CT molecular complexity index is 898. The molecule has 0 saturated heterocycles. The minimum absolute atomic E-state index is 0.108. The monoisotopic (exact) mass is 657 g/mol. The average Bonchev–Trinajstić information content (AvgIpc) is 3.07. The fourth-order valence-electron chi connectivity index (χ4n) is 4.78. The summed E-state index contributed by atoms with van der Waals surface area (Å²) in [5.41, 5.74) is 0. The number of hydrogen-bond acceptors (Lipinski definition) is 6. The molecule has 1 unspecified atom stereocenters. The second-order valence-corrected chi connectivity index (χ2v) is 12.1. The first kappa shape index (κ1) is 44.3. The highest BCUT2D eigenvalue weighted by Crippen LogP contribution is 2.13. The highest BCUT2D eigenvalue weighted by molar-refractivity contribution is 5.70. The highest BCUT2D eigenvalue weighted by Gasteiger charge is 2.15. The first-order valence-electron chi connectivity index (χ1n) is 18.6. The number of rotatable bonds is 32. The van der Waals surface area contributed by atoms with E-state index in [1.807, 2.05) is 30.4 Å². The topological polar surface area (TPSA) is 93.1 Å². The van der Waals surface area contributed by atoms with E-state index in [2.05, 4.69) is 50.3 Å². The van der Waals surface area contributed by atoms with Crippen LogP contribution >= 0.6 is 0 Å². The normalized spacial score (nSPS) is 13.7. The lowest BCUT2D eigenvalue weighted by Crippen LogP contribution is -2.28. The van der Waals surface area contributed by atoms with Crippen molar-refractivity contribution in [3.63, 3.8) is 0 Å². The first-order chi connectivity index (χ1) is 23.0. The van der Waals surface area contributed by atoms with Gasteiger partial charge < -0.3 is 19.7 Å². The number of aliphatic hydroxyl groups is 2. The summed E-state index contributed by atoms with van der Waals surface area (Å²) < 4.78 is 10.5. The Labute approximate surface area is 287 Å². The Balaban J connectivity index is 3.78. The number of allylic oxidation sites excluding steroid dienone is 10. The van der Waals surface area contributed by atoms with Crippen LogP contribution < -0.4 is 0 Å². The van der Waals surface area contributed by atoms with Gasteiger partial charge in [-0.15, -0.1) is 0 Å². The van der Waals surface area contributed by atoms with Crippen LogP contribution in [-0.4, -0.2) is 47.6 Å². The number of carbonyl (C=O) groups is 2. The van der Waals surface area contributed by atoms with Gasteiger partial charge >= 0.3 is 11.9 Å². The molecule has 0 aromatic rings. The molecule has 0 amide bonds. The van der Waals surface area contributed by atoms with Crippen molar-refractivity contribution in [1.82, 2.24) is 0 Å². The fraction of sp³-hybridized carbons (Fsp3) is 0.659. The predicted molar refractivity (Wildman–Crippen MR) is 197 cm³/mol. The van der Waals surface area contributed by atoms with Crippen LogP contribution in [0.25, 0.3) is 0 Å². The number of hydrogen-bond donors (Lipinski definition) is 2. The van der Waals surface area contributed by atoms with Gasteiger partial charge in [-0.3, -0.25) is 9.59 Å². The second-order valence-electron chi connectivity index (χ2n) is 12.1. The van der Waals surface area contributed by atoms with E-state index < -0.39 is 18.2 Å². The van der Waals surface area contributed by atoms with Crippen molar-refractivity contribution >= 4 is 11.9 Å². The van der Waals surface area contributed by atoms with Gasteiger partial charge in [-0.25, -0.2) is 0 Å². The summed E-state index contributed by atoms with van der Waals surface area (Å²) in [5, 5.41) is 19.3. The van der Waals surface area contributed by atoms with E-state index in [1.54, 1.807) is 6.08 Å². The maximum atomic E-state index is 12.1. The van der Waals surface area contributed by atoms with Crippen LogP contribution in [0.15, 0.2) is 72.9 Å². The zero-order valence-corrected chi connectivity index (χ0v) is 29.9. The highest BCUT2D eigenvalue weighted by atomic mass is 16.6. The van der Waals surface area contributed by atoms with Crippen molar-refractivity contribution in [2.45, 2.75) is 161 Å². The summed E-state index contributed by atoms with van der Waals surface area (Å²) in [5.74, 6) is -0.714. The van der Waals surface area contributed by atoms with E-state index in [0.717, 1.165) is 44.9 Å². The van der Waals surface area contributed by atoms with Gasteiger partial charge in [0.05, 0.1) is 12.7 Å². The molecule has 0 aromatic heterocycles. The minimum atomic E-state index is -0.823. The number of esters is 2. The lowest BCUT2D eigenvalue weighted by atomic mass is 10.0. The van der Waals surface area contributed by atoms with Crippen molar-refractivity contribution in [3.8, 4) is 0 Å². The first-order valence-corrected chi connectivity index (χ1v) is 18.6. The molecule has 6 nitrogen and oxygen atoms in total. The maximum absolute atomic E-state index is 12.1. The molecule has 0 saturated carbocycles. The van der Waals surface area contributed by atoms with Crippen molar-refractivity contribution in [3.05, 3.63) is 72.9 Å². The van der Waals surface area contributed by atoms with Gasteiger partial charge in [0.15, 0.2) is 6.10 Å². The fourth-order valence-corrected chi connectivity index (χ4v) is 4.78. The van der Waals surface area contributed by atoms with Crippen LogP contribution in [0.3, 0.4) is 0 Å². The van der Waals surface area contributed by atoms with Crippen LogP contribution in [0.4, 0.5) is 0 Å². The van der Waals surface area contributed by atoms with Crippen molar-refractivity contribution in [2.75, 3.05) is 13.2 Å². The molecule has 2 N–H and O–H groups in total. The number of ether oxygens (including phenoxy) is 2. The van der Waals surface area contributed by atoms with E-state index >= 15 is 0 Å². The molecule has 47 heavy (non-hydrogen) atoms. The molecule has 268 valence electrons. The van der Waals surface area contributed by atoms with E-state index in [4.69, 9.17) is 9.47 Å². The largest absolute Gasteiger partial charge is 0.462 e. The molecule has 0 heterocycles. The Morgan fingerprint density at radius 2 is 1.17 bits per heavy atom. The van der Waals surface area contributed by atoms with E-state index in [0.29, 0.717) is 19.3 Å². The molecular weight excluding hydrogens is 588 g/mol. The summed E-state index contributed by atoms with van der Waals surface area (Å²) in [7, 11) is 0. The zero-order valence-electron chi connectivity index (χ0n) is 29.9.